The molecule has 0 bridgehead atoms. The van der Waals surface area contributed by atoms with Crippen molar-refractivity contribution >= 4 is 34.8 Å². The lowest BCUT2D eigenvalue weighted by Gasteiger charge is -2.21. The zero-order valence-electron chi connectivity index (χ0n) is 9.28. The predicted molar refractivity (Wildman–Crippen MR) is 59.5 cm³/mol. The first kappa shape index (κ1) is 16.7. The molecule has 19 heavy (non-hydrogen) atoms. The topological polar surface area (TPSA) is 30.7 Å². The summed E-state index contributed by atoms with van der Waals surface area (Å²) in [6.45, 7) is 1.63. The van der Waals surface area contributed by atoms with E-state index in [4.69, 9.17) is 34.8 Å². The molecular formula is C8H7Cl3F5N3. The highest BCUT2D eigenvalue weighted by Gasteiger charge is 2.63. The van der Waals surface area contributed by atoms with Crippen LogP contribution in [0.4, 0.5) is 22.0 Å². The molecule has 0 radical (unpaired) electrons. The Morgan fingerprint density at radius 1 is 1.11 bits per heavy atom. The monoisotopic (exact) mass is 345 g/mol. The van der Waals surface area contributed by atoms with Crippen molar-refractivity contribution in [3.8, 4) is 0 Å². The van der Waals surface area contributed by atoms with Crippen molar-refractivity contribution in [1.29, 1.82) is 0 Å². The second-order valence-corrected chi connectivity index (χ2v) is 5.86. The zero-order chi connectivity index (χ0) is 15.1. The van der Waals surface area contributed by atoms with Crippen LogP contribution >= 0.6 is 34.8 Å². The van der Waals surface area contributed by atoms with Gasteiger partial charge in [-0.05, 0) is 6.42 Å². The van der Waals surface area contributed by atoms with Gasteiger partial charge in [0.2, 0.25) is 3.79 Å². The Kier molecular flexibility index (Phi) is 4.59. The summed E-state index contributed by atoms with van der Waals surface area (Å²) in [6.07, 6.45) is -5.47. The molecule has 1 aromatic rings. The summed E-state index contributed by atoms with van der Waals surface area (Å²) in [6, 6.07) is 0. The Hall–Kier alpha value is -0.340. The van der Waals surface area contributed by atoms with Crippen molar-refractivity contribution in [3.05, 3.63) is 11.4 Å². The van der Waals surface area contributed by atoms with Crippen molar-refractivity contribution in [2.75, 3.05) is 0 Å². The largest absolute Gasteiger partial charge is 0.459 e. The van der Waals surface area contributed by atoms with Crippen molar-refractivity contribution in [2.45, 2.75) is 35.8 Å². The molecule has 0 aliphatic rings. The van der Waals surface area contributed by atoms with E-state index in [0.29, 0.717) is 6.42 Å². The first-order valence-electron chi connectivity index (χ1n) is 4.88. The van der Waals surface area contributed by atoms with Gasteiger partial charge in [0.05, 0.1) is 0 Å². The molecule has 0 aliphatic carbocycles. The molecule has 0 fully saturated rings. The molecule has 0 amide bonds. The second kappa shape index (κ2) is 5.21. The molecule has 0 N–H and O–H groups in total. The Morgan fingerprint density at radius 3 is 2.00 bits per heavy atom. The highest BCUT2D eigenvalue weighted by Crippen LogP contribution is 2.49. The fourth-order valence-electron chi connectivity index (χ4n) is 1.31. The van der Waals surface area contributed by atoms with E-state index >= 15 is 0 Å². The van der Waals surface area contributed by atoms with Crippen LogP contribution in [0.2, 0.25) is 0 Å². The molecule has 11 heteroatoms. The van der Waals surface area contributed by atoms with Crippen LogP contribution in [0.1, 0.15) is 24.7 Å². The summed E-state index contributed by atoms with van der Waals surface area (Å²) in [5.41, 5.74) is -2.59. The van der Waals surface area contributed by atoms with E-state index in [9.17, 15) is 22.0 Å². The van der Waals surface area contributed by atoms with Crippen LogP contribution in [0.5, 0.6) is 0 Å². The molecule has 110 valence electrons. The Labute approximate surface area is 119 Å². The summed E-state index contributed by atoms with van der Waals surface area (Å²) < 4.78 is 61.8. The lowest BCUT2D eigenvalue weighted by atomic mass is 10.2. The maximum Gasteiger partial charge on any atom is 0.459 e. The van der Waals surface area contributed by atoms with Crippen LogP contribution in [-0.4, -0.2) is 21.2 Å². The molecule has 0 saturated heterocycles. The summed E-state index contributed by atoms with van der Waals surface area (Å²) in [5, 5.41) is 6.01. The first-order chi connectivity index (χ1) is 8.43. The van der Waals surface area contributed by atoms with Crippen LogP contribution in [0.3, 0.4) is 0 Å². The molecule has 1 heterocycles. The number of rotatable bonds is 3. The molecule has 0 spiro atoms. The fraction of sp³-hybridized carbons (Fsp3) is 0.750. The number of nitrogens with zero attached hydrogens (tertiary/aromatic N) is 3. The van der Waals surface area contributed by atoms with Crippen LogP contribution in [-0.2, 0) is 16.3 Å². The molecule has 0 atom stereocenters. The fourth-order valence-corrected chi connectivity index (χ4v) is 1.87. The van der Waals surface area contributed by atoms with E-state index in [1.807, 2.05) is 0 Å². The molecule has 0 aliphatic heterocycles. The summed E-state index contributed by atoms with van der Waals surface area (Å²) in [5.74, 6) is -5.25. The maximum atomic E-state index is 13.3. The van der Waals surface area contributed by atoms with Gasteiger partial charge in [0.1, 0.15) is 5.69 Å². The first-order valence-corrected chi connectivity index (χ1v) is 6.02. The summed E-state index contributed by atoms with van der Waals surface area (Å²) in [4.78, 5) is 0. The van der Waals surface area contributed by atoms with Crippen LogP contribution in [0.15, 0.2) is 0 Å². The number of aryl methyl sites for hydroxylation is 1. The van der Waals surface area contributed by atoms with Gasteiger partial charge in [0, 0.05) is 6.54 Å². The summed E-state index contributed by atoms with van der Waals surface area (Å²) in [7, 11) is 0. The minimum absolute atomic E-state index is 0.00974. The smallest absolute Gasteiger partial charge is 0.244 e. The maximum absolute atomic E-state index is 13.3. The third-order valence-electron chi connectivity index (χ3n) is 2.09. The Morgan fingerprint density at radius 2 is 1.63 bits per heavy atom. The average molecular weight is 347 g/mol. The van der Waals surface area contributed by atoms with Gasteiger partial charge in [0.15, 0.2) is 5.69 Å². The van der Waals surface area contributed by atoms with Crippen LogP contribution in [0.25, 0.3) is 0 Å². The third kappa shape index (κ3) is 3.22. The van der Waals surface area contributed by atoms with Gasteiger partial charge in [-0.1, -0.05) is 46.9 Å². The van der Waals surface area contributed by atoms with Gasteiger partial charge in [-0.15, -0.1) is 5.10 Å². The highest BCUT2D eigenvalue weighted by atomic mass is 35.6. The molecule has 1 rings (SSSR count). The van der Waals surface area contributed by atoms with Gasteiger partial charge in [-0.2, -0.15) is 22.0 Å². The molecular weight excluding hydrogens is 339 g/mol. The molecule has 0 unspecified atom stereocenters. The van der Waals surface area contributed by atoms with E-state index in [0.717, 1.165) is 4.68 Å². The van der Waals surface area contributed by atoms with Gasteiger partial charge >= 0.3 is 12.1 Å². The molecule has 0 aromatic carbocycles. The Bertz CT molecular complexity index is 451. The van der Waals surface area contributed by atoms with Crippen molar-refractivity contribution in [2.24, 2.45) is 0 Å². The number of aromatic nitrogens is 3. The van der Waals surface area contributed by atoms with Gasteiger partial charge in [-0.3, -0.25) is 0 Å². The van der Waals surface area contributed by atoms with Crippen molar-refractivity contribution in [1.82, 2.24) is 15.0 Å². The van der Waals surface area contributed by atoms with Crippen molar-refractivity contribution in [3.63, 3.8) is 0 Å². The second-order valence-electron chi connectivity index (χ2n) is 3.58. The summed E-state index contributed by atoms with van der Waals surface area (Å²) >= 11 is 16.3. The normalized spacial score (nSPS) is 13.9. The standard InChI is InChI=1S/C8H7Cl3F5N3/c1-2-3-19-5(7(9,10)11)4(17-18-19)6(12,13)8(14,15)16/h2-3H2,1H3. The lowest BCUT2D eigenvalue weighted by molar-refractivity contribution is -0.291. The number of hydrogen-bond donors (Lipinski definition) is 0. The van der Waals surface area contributed by atoms with Gasteiger partial charge in [0.25, 0.3) is 0 Å². The molecule has 1 aromatic heterocycles. The van der Waals surface area contributed by atoms with E-state index < -0.39 is 27.3 Å². The van der Waals surface area contributed by atoms with Crippen LogP contribution < -0.4 is 0 Å². The number of alkyl halides is 8. The quantitative estimate of drug-likeness (QED) is 0.607. The number of hydrogen-bond acceptors (Lipinski definition) is 2. The lowest BCUT2D eigenvalue weighted by Crippen LogP contribution is -2.36. The van der Waals surface area contributed by atoms with Gasteiger partial charge in [-0.25, -0.2) is 4.68 Å². The third-order valence-corrected chi connectivity index (χ3v) is 2.63. The van der Waals surface area contributed by atoms with E-state index in [1.54, 1.807) is 6.92 Å². The minimum atomic E-state index is -5.86. The average Bonchev–Trinajstić information content (AvgIpc) is 2.60. The van der Waals surface area contributed by atoms with Crippen molar-refractivity contribution < 1.29 is 22.0 Å². The molecule has 3 nitrogen and oxygen atoms in total. The van der Waals surface area contributed by atoms with Gasteiger partial charge < -0.3 is 0 Å². The number of halogens is 8. The molecule has 0 saturated carbocycles. The zero-order valence-corrected chi connectivity index (χ0v) is 11.5. The highest BCUT2D eigenvalue weighted by molar-refractivity contribution is 6.66. The van der Waals surface area contributed by atoms with E-state index in [2.05, 4.69) is 10.3 Å². The Balaban J connectivity index is 3.46. The minimum Gasteiger partial charge on any atom is -0.244 e. The van der Waals surface area contributed by atoms with Crippen LogP contribution in [0, 0.1) is 0 Å². The van der Waals surface area contributed by atoms with E-state index in [-0.39, 0.29) is 6.54 Å². The predicted octanol–water partition coefficient (Wildman–Crippen LogP) is 4.17. The SMILES string of the molecule is CCCn1nnc(C(F)(F)C(F)(F)F)c1C(Cl)(Cl)Cl. The van der Waals surface area contributed by atoms with E-state index in [1.165, 1.54) is 0 Å².